The number of rotatable bonds is 9. The van der Waals surface area contributed by atoms with Crippen LogP contribution in [0.1, 0.15) is 57.4 Å². The summed E-state index contributed by atoms with van der Waals surface area (Å²) >= 11 is 0. The van der Waals surface area contributed by atoms with Crippen molar-refractivity contribution in [2.75, 3.05) is 6.54 Å². The van der Waals surface area contributed by atoms with Crippen molar-refractivity contribution in [3.63, 3.8) is 0 Å². The van der Waals surface area contributed by atoms with E-state index in [9.17, 15) is 5.26 Å². The van der Waals surface area contributed by atoms with Gasteiger partial charge in [0.25, 0.3) is 0 Å². The zero-order valence-corrected chi connectivity index (χ0v) is 12.2. The number of unbranched alkanes of at least 4 members (excludes halogenated alkanes) is 1. The zero-order valence-electron chi connectivity index (χ0n) is 12.2. The number of nitrogens with one attached hydrogen (secondary N) is 1. The molecule has 19 heavy (non-hydrogen) atoms. The highest BCUT2D eigenvalue weighted by Gasteiger charge is 2.13. The second-order valence-corrected chi connectivity index (χ2v) is 5.13. The molecule has 1 N–H and O–H groups in total. The van der Waals surface area contributed by atoms with Crippen LogP contribution in [0.25, 0.3) is 0 Å². The summed E-state index contributed by atoms with van der Waals surface area (Å²) in [5.74, 6) is -0.0396. The molecule has 0 spiro atoms. The van der Waals surface area contributed by atoms with Crippen molar-refractivity contribution in [2.24, 2.45) is 0 Å². The van der Waals surface area contributed by atoms with Gasteiger partial charge in [0.1, 0.15) is 0 Å². The Kier molecular flexibility index (Phi) is 7.93. The van der Waals surface area contributed by atoms with Crippen molar-refractivity contribution >= 4 is 0 Å². The van der Waals surface area contributed by atoms with E-state index in [-0.39, 0.29) is 5.92 Å². The zero-order chi connectivity index (χ0) is 13.9. The highest BCUT2D eigenvalue weighted by Crippen LogP contribution is 2.15. The molecule has 1 aromatic carbocycles. The molecule has 0 aliphatic heterocycles. The van der Waals surface area contributed by atoms with Gasteiger partial charge in [-0.3, -0.25) is 0 Å². The SMILES string of the molecule is CCCCC(CCC)NCC(C#N)c1ccccc1. The van der Waals surface area contributed by atoms with E-state index in [2.05, 4.69) is 25.2 Å². The molecule has 1 rings (SSSR count). The molecule has 0 aliphatic carbocycles. The summed E-state index contributed by atoms with van der Waals surface area (Å²) in [5.41, 5.74) is 1.11. The number of hydrogen-bond donors (Lipinski definition) is 1. The summed E-state index contributed by atoms with van der Waals surface area (Å²) in [6.07, 6.45) is 6.12. The van der Waals surface area contributed by atoms with Crippen LogP contribution >= 0.6 is 0 Å². The highest BCUT2D eigenvalue weighted by atomic mass is 14.9. The predicted octanol–water partition coefficient (Wildman–Crippen LogP) is 4.24. The van der Waals surface area contributed by atoms with Gasteiger partial charge in [-0.25, -0.2) is 0 Å². The molecule has 2 nitrogen and oxygen atoms in total. The van der Waals surface area contributed by atoms with E-state index >= 15 is 0 Å². The Bertz CT molecular complexity index is 367. The first-order valence-electron chi connectivity index (χ1n) is 7.49. The molecule has 0 radical (unpaired) electrons. The third-order valence-corrected chi connectivity index (χ3v) is 3.51. The maximum Gasteiger partial charge on any atom is 0.0837 e. The van der Waals surface area contributed by atoms with Gasteiger partial charge < -0.3 is 5.32 Å². The van der Waals surface area contributed by atoms with Crippen molar-refractivity contribution in [3.05, 3.63) is 35.9 Å². The lowest BCUT2D eigenvalue weighted by Gasteiger charge is -2.20. The first-order chi connectivity index (χ1) is 9.31. The second-order valence-electron chi connectivity index (χ2n) is 5.13. The predicted molar refractivity (Wildman–Crippen MR) is 81.0 cm³/mol. The van der Waals surface area contributed by atoms with Crippen molar-refractivity contribution in [2.45, 2.75) is 57.9 Å². The van der Waals surface area contributed by atoms with Gasteiger partial charge >= 0.3 is 0 Å². The Morgan fingerprint density at radius 2 is 1.84 bits per heavy atom. The van der Waals surface area contributed by atoms with Crippen LogP contribution in [-0.2, 0) is 0 Å². The lowest BCUT2D eigenvalue weighted by Crippen LogP contribution is -2.32. The average molecular weight is 258 g/mol. The van der Waals surface area contributed by atoms with Crippen LogP contribution in [0.2, 0.25) is 0 Å². The van der Waals surface area contributed by atoms with Gasteiger partial charge in [0.2, 0.25) is 0 Å². The van der Waals surface area contributed by atoms with Gasteiger partial charge in [-0.1, -0.05) is 63.4 Å². The van der Waals surface area contributed by atoms with Crippen LogP contribution in [0, 0.1) is 11.3 Å². The summed E-state index contributed by atoms with van der Waals surface area (Å²) in [6.45, 7) is 5.21. The average Bonchev–Trinajstić information content (AvgIpc) is 2.46. The third-order valence-electron chi connectivity index (χ3n) is 3.51. The van der Waals surface area contributed by atoms with Gasteiger partial charge in [0.05, 0.1) is 12.0 Å². The van der Waals surface area contributed by atoms with Crippen LogP contribution in [0.15, 0.2) is 30.3 Å². The maximum atomic E-state index is 9.31. The quantitative estimate of drug-likeness (QED) is 0.719. The summed E-state index contributed by atoms with van der Waals surface area (Å²) in [7, 11) is 0. The summed E-state index contributed by atoms with van der Waals surface area (Å²) in [6, 6.07) is 13.0. The third kappa shape index (κ3) is 5.89. The smallest absolute Gasteiger partial charge is 0.0837 e. The largest absolute Gasteiger partial charge is 0.312 e. The summed E-state index contributed by atoms with van der Waals surface area (Å²) in [5, 5.41) is 12.9. The number of hydrogen-bond acceptors (Lipinski definition) is 2. The Morgan fingerprint density at radius 1 is 1.11 bits per heavy atom. The fraction of sp³-hybridized carbons (Fsp3) is 0.588. The van der Waals surface area contributed by atoms with E-state index in [1.807, 2.05) is 30.3 Å². The van der Waals surface area contributed by atoms with Crippen molar-refractivity contribution in [1.29, 1.82) is 5.26 Å². The van der Waals surface area contributed by atoms with Crippen molar-refractivity contribution < 1.29 is 0 Å². The molecule has 0 aromatic heterocycles. The molecular weight excluding hydrogens is 232 g/mol. The Labute approximate surface area is 117 Å². The summed E-state index contributed by atoms with van der Waals surface area (Å²) in [4.78, 5) is 0. The first kappa shape index (κ1) is 15.7. The molecule has 0 amide bonds. The molecular formula is C17H26N2. The van der Waals surface area contributed by atoms with E-state index in [0.717, 1.165) is 12.1 Å². The van der Waals surface area contributed by atoms with E-state index in [4.69, 9.17) is 0 Å². The molecule has 0 fully saturated rings. The Morgan fingerprint density at radius 3 is 2.42 bits per heavy atom. The monoisotopic (exact) mass is 258 g/mol. The topological polar surface area (TPSA) is 35.8 Å². The van der Waals surface area contributed by atoms with Gasteiger partial charge in [0.15, 0.2) is 0 Å². The van der Waals surface area contributed by atoms with Gasteiger partial charge in [-0.2, -0.15) is 5.26 Å². The molecule has 0 aliphatic rings. The molecule has 104 valence electrons. The molecule has 2 unspecified atom stereocenters. The maximum absolute atomic E-state index is 9.31. The number of nitriles is 1. The molecule has 2 heteroatoms. The van der Waals surface area contributed by atoms with E-state index in [0.29, 0.717) is 6.04 Å². The Hall–Kier alpha value is -1.33. The van der Waals surface area contributed by atoms with Crippen LogP contribution in [-0.4, -0.2) is 12.6 Å². The van der Waals surface area contributed by atoms with E-state index in [1.54, 1.807) is 0 Å². The van der Waals surface area contributed by atoms with Crippen LogP contribution < -0.4 is 5.32 Å². The van der Waals surface area contributed by atoms with Gasteiger partial charge in [-0.15, -0.1) is 0 Å². The minimum Gasteiger partial charge on any atom is -0.312 e. The van der Waals surface area contributed by atoms with Crippen LogP contribution in [0.5, 0.6) is 0 Å². The molecule has 1 aromatic rings. The lowest BCUT2D eigenvalue weighted by molar-refractivity contribution is 0.431. The standard InChI is InChI=1S/C17H26N2/c1-3-5-12-17(9-4-2)19-14-16(13-18)15-10-7-6-8-11-15/h6-8,10-11,16-17,19H,3-5,9,12,14H2,1-2H3. The van der Waals surface area contributed by atoms with Crippen molar-refractivity contribution in [3.8, 4) is 6.07 Å². The van der Waals surface area contributed by atoms with Gasteiger partial charge in [-0.05, 0) is 18.4 Å². The highest BCUT2D eigenvalue weighted by molar-refractivity contribution is 5.25. The fourth-order valence-corrected chi connectivity index (χ4v) is 2.36. The van der Waals surface area contributed by atoms with Gasteiger partial charge in [0, 0.05) is 12.6 Å². The Balaban J connectivity index is 2.49. The normalized spacial score (nSPS) is 13.7. The van der Waals surface area contributed by atoms with Crippen LogP contribution in [0.3, 0.4) is 0 Å². The van der Waals surface area contributed by atoms with E-state index < -0.39 is 0 Å². The first-order valence-corrected chi connectivity index (χ1v) is 7.49. The molecule has 0 saturated carbocycles. The summed E-state index contributed by atoms with van der Waals surface area (Å²) < 4.78 is 0. The fourth-order valence-electron chi connectivity index (χ4n) is 2.36. The molecule has 2 atom stereocenters. The minimum absolute atomic E-state index is 0.0396. The van der Waals surface area contributed by atoms with Crippen molar-refractivity contribution in [1.82, 2.24) is 5.32 Å². The second kappa shape index (κ2) is 9.58. The molecule has 0 saturated heterocycles. The number of benzene rings is 1. The van der Waals surface area contributed by atoms with E-state index in [1.165, 1.54) is 32.1 Å². The lowest BCUT2D eigenvalue weighted by atomic mass is 9.99. The molecule has 0 heterocycles. The molecule has 0 bridgehead atoms. The van der Waals surface area contributed by atoms with Crippen LogP contribution in [0.4, 0.5) is 0 Å². The number of nitrogens with zero attached hydrogens (tertiary/aromatic N) is 1. The minimum atomic E-state index is -0.0396.